The number of aromatic carboxylic acids is 1. The third-order valence-electron chi connectivity index (χ3n) is 13.3. The molecule has 12 heteroatoms. The minimum absolute atomic E-state index is 0. The maximum Gasteiger partial charge on any atom is 0.338 e. The molecule has 4 fully saturated rings. The lowest BCUT2D eigenvalue weighted by atomic mass is 9.77. The first kappa shape index (κ1) is 49.0. The number of carboxylic acid groups (broad SMARTS) is 1. The molecule has 2 saturated heterocycles. The highest BCUT2D eigenvalue weighted by Crippen LogP contribution is 2.41. The molecule has 4 aromatic rings. The van der Waals surface area contributed by atoms with Gasteiger partial charge in [0.1, 0.15) is 0 Å². The quantitative estimate of drug-likeness (QED) is 0.162. The molecule has 0 unspecified atom stereocenters. The molecule has 4 aliphatic rings. The number of halogens is 1. The predicted molar refractivity (Wildman–Crippen MR) is 247 cm³/mol. The van der Waals surface area contributed by atoms with Crippen LogP contribution in [0.3, 0.4) is 0 Å². The lowest BCUT2D eigenvalue weighted by Gasteiger charge is -2.33. The van der Waals surface area contributed by atoms with E-state index in [0.29, 0.717) is 64.6 Å². The third kappa shape index (κ3) is 11.8. The summed E-state index contributed by atoms with van der Waals surface area (Å²) in [5.74, 6) is -0.0250. The normalized spacial score (nSPS) is 16.3. The molecular weight excluding hydrogens is 828 g/mol. The molecule has 2 heterocycles. The highest BCUT2D eigenvalue weighted by Gasteiger charge is 2.31. The van der Waals surface area contributed by atoms with Gasteiger partial charge in [0.2, 0.25) is 0 Å². The number of methoxy groups -OCH3 is 2. The van der Waals surface area contributed by atoms with Crippen LogP contribution < -0.4 is 5.32 Å². The molecule has 0 bridgehead atoms. The zero-order valence-corrected chi connectivity index (χ0v) is 38.1. The zero-order chi connectivity index (χ0) is 45.0. The van der Waals surface area contributed by atoms with E-state index in [1.807, 2.05) is 60.4 Å². The molecule has 1 amide bonds. The van der Waals surface area contributed by atoms with E-state index < -0.39 is 11.9 Å². The number of nitrogens with zero attached hydrogens (tertiary/aromatic N) is 3. The van der Waals surface area contributed by atoms with E-state index in [4.69, 9.17) is 25.1 Å². The summed E-state index contributed by atoms with van der Waals surface area (Å²) >= 11 is 0. The Morgan fingerprint density at radius 1 is 0.594 bits per heavy atom. The number of carboxylic acids is 1. The van der Waals surface area contributed by atoms with Crippen LogP contribution in [0.15, 0.2) is 72.8 Å². The van der Waals surface area contributed by atoms with Crippen molar-refractivity contribution in [2.45, 2.75) is 102 Å². The van der Waals surface area contributed by atoms with E-state index >= 15 is 0 Å². The van der Waals surface area contributed by atoms with Gasteiger partial charge in [-0.05, 0) is 172 Å². The van der Waals surface area contributed by atoms with Gasteiger partial charge in [-0.3, -0.25) is 4.79 Å². The van der Waals surface area contributed by atoms with Crippen LogP contribution >= 0.6 is 12.4 Å². The van der Waals surface area contributed by atoms with Gasteiger partial charge >= 0.3 is 17.9 Å². The number of nitriles is 2. The number of aryl methyl sites for hydroxylation is 2. The summed E-state index contributed by atoms with van der Waals surface area (Å²) in [5.41, 5.74) is 9.28. The average molecular weight is 888 g/mol. The predicted octanol–water partition coefficient (Wildman–Crippen LogP) is 10.1. The second-order valence-electron chi connectivity index (χ2n) is 17.1. The van der Waals surface area contributed by atoms with Crippen LogP contribution in [0.5, 0.6) is 0 Å². The van der Waals surface area contributed by atoms with Gasteiger partial charge in [-0.25, -0.2) is 14.4 Å². The van der Waals surface area contributed by atoms with Crippen LogP contribution in [0.4, 0.5) is 0 Å². The van der Waals surface area contributed by atoms with Crippen LogP contribution in [0.25, 0.3) is 0 Å². The van der Waals surface area contributed by atoms with Gasteiger partial charge < -0.3 is 24.8 Å². The molecule has 2 saturated carbocycles. The highest BCUT2D eigenvalue weighted by atomic mass is 35.5. The first-order valence-electron chi connectivity index (χ1n) is 22.1. The number of piperidine rings is 2. The summed E-state index contributed by atoms with van der Waals surface area (Å²) in [6, 6.07) is 27.1. The fourth-order valence-electron chi connectivity index (χ4n) is 9.01. The molecule has 4 aromatic carbocycles. The van der Waals surface area contributed by atoms with E-state index in [1.165, 1.54) is 50.7 Å². The minimum atomic E-state index is -1.02. The first-order valence-corrected chi connectivity index (χ1v) is 22.1. The number of hydrogen-bond acceptors (Lipinski definition) is 9. The number of likely N-dealkylation sites (tertiary alicyclic amines) is 1. The number of rotatable bonds is 8. The lowest BCUT2D eigenvalue weighted by molar-refractivity contribution is 0.0588. The van der Waals surface area contributed by atoms with Crippen LogP contribution in [-0.2, 0) is 9.47 Å². The van der Waals surface area contributed by atoms with Gasteiger partial charge in [0.25, 0.3) is 5.91 Å². The lowest BCUT2D eigenvalue weighted by Crippen LogP contribution is -2.38. The fraction of sp³-hybridized carbons (Fsp3) is 0.423. The maximum atomic E-state index is 13.3. The fourth-order valence-corrected chi connectivity index (χ4v) is 9.01. The van der Waals surface area contributed by atoms with Crippen LogP contribution in [-0.4, -0.2) is 74.2 Å². The Labute approximate surface area is 383 Å². The Bertz CT molecular complexity index is 2360. The first-order chi connectivity index (χ1) is 30.5. The summed E-state index contributed by atoms with van der Waals surface area (Å²) < 4.78 is 9.75. The second kappa shape index (κ2) is 23.1. The number of benzene rings is 4. The van der Waals surface area contributed by atoms with E-state index in [2.05, 4.69) is 29.6 Å². The molecule has 11 nitrogen and oxygen atoms in total. The molecule has 8 rings (SSSR count). The molecule has 2 aliphatic carbocycles. The Morgan fingerprint density at radius 3 is 1.38 bits per heavy atom. The minimum Gasteiger partial charge on any atom is -0.478 e. The molecule has 0 aromatic heterocycles. The van der Waals surface area contributed by atoms with Crippen molar-refractivity contribution in [3.63, 3.8) is 0 Å². The maximum absolute atomic E-state index is 13.3. The number of esters is 2. The Kier molecular flexibility index (Phi) is 17.7. The summed E-state index contributed by atoms with van der Waals surface area (Å²) in [6.07, 6.45) is 10.8. The number of nitrogens with one attached hydrogen (secondary N) is 1. The zero-order valence-electron chi connectivity index (χ0n) is 37.3. The Hall–Kier alpha value is -6.01. The summed E-state index contributed by atoms with van der Waals surface area (Å²) in [5, 5.41) is 30.1. The topological polar surface area (TPSA) is 170 Å². The summed E-state index contributed by atoms with van der Waals surface area (Å²) in [7, 11) is 2.70. The van der Waals surface area contributed by atoms with E-state index in [0.717, 1.165) is 80.3 Å². The molecule has 0 spiro atoms. The molecule has 64 heavy (non-hydrogen) atoms. The van der Waals surface area contributed by atoms with Crippen molar-refractivity contribution in [2.75, 3.05) is 40.4 Å². The van der Waals surface area contributed by atoms with Gasteiger partial charge in [-0.1, -0.05) is 49.2 Å². The monoisotopic (exact) mass is 886 g/mol. The molecule has 2 N–H and O–H groups in total. The number of ether oxygens (including phenoxy) is 2. The van der Waals surface area contributed by atoms with Crippen LogP contribution in [0, 0.1) is 36.5 Å². The standard InChI is InChI=1S/C26H28N2O3.C14H16O4.C12H14N2.ClH/c1-17-14-23(21-4-3-5-21)24(26(30)31-2)15-22(17)25(29)28-12-10-20(11-13-28)19-8-6-18(16-27)7-9-19;1-8-6-11(9-4-3-5-9)12(14(17)18-2)7-10(8)13(15)16;13-9-10-1-3-11(4-2-10)12-5-7-14-8-6-12;/h6-9,14-15,20-21H,3-5,10-13H2,1-2H3;6-7,9H,3-5H2,1-2H3,(H,15,16);1-4,12,14H,5-8H2;1H. The van der Waals surface area contributed by atoms with Crippen molar-refractivity contribution in [1.82, 2.24) is 10.2 Å². The summed E-state index contributed by atoms with van der Waals surface area (Å²) in [6.45, 7) is 7.31. The largest absolute Gasteiger partial charge is 0.478 e. The SMILES string of the molecule is COC(=O)c1cc(C(=O)N2CCC(c3ccc(C#N)cc3)CC2)c(C)cc1C1CCC1.COC(=O)c1cc(C(=O)O)c(C)cc1C1CCC1.Cl.N#Cc1ccc(C2CCNCC2)cc1. The summed E-state index contributed by atoms with van der Waals surface area (Å²) in [4.78, 5) is 50.5. The second-order valence-corrected chi connectivity index (χ2v) is 17.1. The number of carbonyl (C=O) groups excluding carboxylic acids is 3. The molecular formula is C52H59ClN4O7. The van der Waals surface area contributed by atoms with Gasteiger partial charge in [0.15, 0.2) is 0 Å². The van der Waals surface area contributed by atoms with Crippen molar-refractivity contribution < 1.29 is 33.8 Å². The van der Waals surface area contributed by atoms with Crippen molar-refractivity contribution in [3.8, 4) is 12.1 Å². The van der Waals surface area contributed by atoms with E-state index in [-0.39, 0.29) is 29.8 Å². The van der Waals surface area contributed by atoms with Gasteiger partial charge in [-0.2, -0.15) is 10.5 Å². The Balaban J connectivity index is 0.000000198. The van der Waals surface area contributed by atoms with Gasteiger partial charge in [-0.15, -0.1) is 12.4 Å². The van der Waals surface area contributed by atoms with Crippen molar-refractivity contribution in [2.24, 2.45) is 0 Å². The molecule has 2 aliphatic heterocycles. The van der Waals surface area contributed by atoms with Crippen LogP contribution in [0.1, 0.15) is 174 Å². The number of amides is 1. The van der Waals surface area contributed by atoms with Gasteiger partial charge in [0, 0.05) is 18.7 Å². The van der Waals surface area contributed by atoms with Crippen LogP contribution in [0.2, 0.25) is 0 Å². The smallest absolute Gasteiger partial charge is 0.338 e. The van der Waals surface area contributed by atoms with Crippen molar-refractivity contribution in [1.29, 1.82) is 10.5 Å². The number of carbonyl (C=O) groups is 4. The highest BCUT2D eigenvalue weighted by molar-refractivity contribution is 6.00. The molecule has 0 atom stereocenters. The molecule has 0 radical (unpaired) electrons. The third-order valence-corrected chi connectivity index (χ3v) is 13.3. The van der Waals surface area contributed by atoms with Crippen molar-refractivity contribution in [3.05, 3.63) is 140 Å². The molecule has 336 valence electrons. The Morgan fingerprint density at radius 2 is 1.00 bits per heavy atom. The van der Waals surface area contributed by atoms with E-state index in [1.54, 1.807) is 13.0 Å². The average Bonchev–Trinajstić information content (AvgIpc) is 3.28. The van der Waals surface area contributed by atoms with E-state index in [9.17, 15) is 19.2 Å². The van der Waals surface area contributed by atoms with Gasteiger partial charge in [0.05, 0.1) is 54.2 Å². The van der Waals surface area contributed by atoms with Crippen molar-refractivity contribution >= 4 is 36.2 Å². The number of hydrogen-bond donors (Lipinski definition) is 2.